The van der Waals surface area contributed by atoms with Crippen molar-refractivity contribution in [1.29, 1.82) is 0 Å². The Morgan fingerprint density at radius 3 is 2.34 bits per heavy atom. The van der Waals surface area contributed by atoms with Crippen molar-refractivity contribution >= 4 is 11.9 Å². The molecule has 1 saturated heterocycles. The molecule has 3 aromatic rings. The maximum absolute atomic E-state index is 13.1. The minimum atomic E-state index is -4.44. The van der Waals surface area contributed by atoms with Crippen LogP contribution < -0.4 is 19.1 Å². The lowest BCUT2D eigenvalue weighted by molar-refractivity contribution is -0.137. The van der Waals surface area contributed by atoms with E-state index in [1.54, 1.807) is 36.1 Å². The van der Waals surface area contributed by atoms with Gasteiger partial charge in [-0.2, -0.15) is 28.1 Å². The highest BCUT2D eigenvalue weighted by Gasteiger charge is 2.30. The monoisotopic (exact) mass is 531 g/mol. The second-order valence-corrected chi connectivity index (χ2v) is 8.49. The summed E-state index contributed by atoms with van der Waals surface area (Å²) in [6, 6.07) is 10.2. The molecular formula is C26H28F3N5O4. The number of methoxy groups -OCH3 is 2. The van der Waals surface area contributed by atoms with Crippen molar-refractivity contribution in [3.63, 3.8) is 0 Å². The zero-order valence-corrected chi connectivity index (χ0v) is 21.3. The largest absolute Gasteiger partial charge is 0.493 e. The third-order valence-corrected chi connectivity index (χ3v) is 6.02. The number of carbonyl (C=O) groups excluding carboxylic acids is 1. The number of ether oxygens (including phenoxy) is 3. The molecule has 1 aliphatic rings. The highest BCUT2D eigenvalue weighted by atomic mass is 19.4. The number of hydrogen-bond acceptors (Lipinski definition) is 8. The lowest BCUT2D eigenvalue weighted by Gasteiger charge is -2.35. The van der Waals surface area contributed by atoms with Crippen LogP contribution in [0.5, 0.6) is 17.5 Å². The quantitative estimate of drug-likeness (QED) is 0.433. The summed E-state index contributed by atoms with van der Waals surface area (Å²) >= 11 is 0. The molecule has 0 N–H and O–H groups in total. The van der Waals surface area contributed by atoms with E-state index in [0.717, 1.165) is 12.1 Å². The SMILES string of the molecule is CCOc1nc(Cc2cccc(C(F)(F)F)c2)nc(N2CCN(C(=O)c3ccc(OC)c(OC)c3)CC2)n1. The smallest absolute Gasteiger partial charge is 0.416 e. The van der Waals surface area contributed by atoms with E-state index < -0.39 is 11.7 Å². The zero-order chi connectivity index (χ0) is 27.3. The Balaban J connectivity index is 1.48. The van der Waals surface area contributed by atoms with Gasteiger partial charge in [0.2, 0.25) is 5.95 Å². The third-order valence-electron chi connectivity index (χ3n) is 6.02. The fourth-order valence-corrected chi connectivity index (χ4v) is 4.10. The highest BCUT2D eigenvalue weighted by molar-refractivity contribution is 5.95. The summed E-state index contributed by atoms with van der Waals surface area (Å²) in [6.45, 7) is 3.86. The second kappa shape index (κ2) is 11.5. The number of hydrogen-bond donors (Lipinski definition) is 0. The fraction of sp³-hybridized carbons (Fsp3) is 0.385. The van der Waals surface area contributed by atoms with Crippen LogP contribution in [0.3, 0.4) is 0 Å². The van der Waals surface area contributed by atoms with Gasteiger partial charge in [0, 0.05) is 38.2 Å². The molecule has 202 valence electrons. The zero-order valence-electron chi connectivity index (χ0n) is 21.3. The Hall–Kier alpha value is -4.09. The predicted octanol–water partition coefficient (Wildman–Crippen LogP) is 3.86. The van der Waals surface area contributed by atoms with Gasteiger partial charge in [-0.3, -0.25) is 4.79 Å². The van der Waals surface area contributed by atoms with Gasteiger partial charge in [0.05, 0.1) is 26.4 Å². The molecule has 0 saturated carbocycles. The number of alkyl halides is 3. The number of amides is 1. The van der Waals surface area contributed by atoms with Crippen molar-refractivity contribution in [2.24, 2.45) is 0 Å². The van der Waals surface area contributed by atoms with E-state index in [0.29, 0.717) is 67.2 Å². The van der Waals surface area contributed by atoms with Crippen LogP contribution >= 0.6 is 0 Å². The van der Waals surface area contributed by atoms with Crippen molar-refractivity contribution in [2.45, 2.75) is 19.5 Å². The molecule has 2 heterocycles. The van der Waals surface area contributed by atoms with Crippen LogP contribution in [0.4, 0.5) is 19.1 Å². The molecule has 0 radical (unpaired) electrons. The van der Waals surface area contributed by atoms with Crippen molar-refractivity contribution in [2.75, 3.05) is 51.9 Å². The first-order valence-electron chi connectivity index (χ1n) is 12.0. The van der Waals surface area contributed by atoms with Gasteiger partial charge in [-0.05, 0) is 36.8 Å². The van der Waals surface area contributed by atoms with Gasteiger partial charge in [0.15, 0.2) is 11.5 Å². The van der Waals surface area contributed by atoms with Crippen LogP contribution in [0.25, 0.3) is 0 Å². The number of nitrogens with zero attached hydrogens (tertiary/aromatic N) is 5. The van der Waals surface area contributed by atoms with Gasteiger partial charge >= 0.3 is 12.2 Å². The lowest BCUT2D eigenvalue weighted by atomic mass is 10.1. The van der Waals surface area contributed by atoms with Gasteiger partial charge in [0.25, 0.3) is 5.91 Å². The summed E-state index contributed by atoms with van der Waals surface area (Å²) in [4.78, 5) is 29.9. The summed E-state index contributed by atoms with van der Waals surface area (Å²) < 4.78 is 55.5. The first-order chi connectivity index (χ1) is 18.2. The molecule has 38 heavy (non-hydrogen) atoms. The summed E-state index contributed by atoms with van der Waals surface area (Å²) in [6.07, 6.45) is -4.36. The van der Waals surface area contributed by atoms with Gasteiger partial charge < -0.3 is 24.0 Å². The van der Waals surface area contributed by atoms with Crippen molar-refractivity contribution in [3.8, 4) is 17.5 Å². The molecule has 1 aromatic heterocycles. The van der Waals surface area contributed by atoms with E-state index in [-0.39, 0.29) is 18.3 Å². The molecule has 0 aliphatic carbocycles. The van der Waals surface area contributed by atoms with Gasteiger partial charge in [-0.25, -0.2) is 0 Å². The lowest BCUT2D eigenvalue weighted by Crippen LogP contribution is -2.49. The van der Waals surface area contributed by atoms with E-state index in [2.05, 4.69) is 15.0 Å². The molecule has 0 bridgehead atoms. The third kappa shape index (κ3) is 6.24. The molecule has 2 aromatic carbocycles. The van der Waals surface area contributed by atoms with Crippen molar-refractivity contribution < 1.29 is 32.2 Å². The van der Waals surface area contributed by atoms with Crippen molar-refractivity contribution in [1.82, 2.24) is 19.9 Å². The minimum Gasteiger partial charge on any atom is -0.493 e. The van der Waals surface area contributed by atoms with Gasteiger partial charge in [-0.1, -0.05) is 18.2 Å². The number of anilines is 1. The van der Waals surface area contributed by atoms with Crippen LogP contribution in [0.1, 0.15) is 34.2 Å². The number of piperazine rings is 1. The van der Waals surface area contributed by atoms with Crippen LogP contribution in [0.15, 0.2) is 42.5 Å². The Morgan fingerprint density at radius 1 is 0.947 bits per heavy atom. The molecule has 12 heteroatoms. The first-order valence-corrected chi connectivity index (χ1v) is 12.0. The average Bonchev–Trinajstić information content (AvgIpc) is 2.92. The molecule has 0 spiro atoms. The molecule has 0 unspecified atom stereocenters. The molecule has 1 amide bonds. The van der Waals surface area contributed by atoms with E-state index in [9.17, 15) is 18.0 Å². The summed E-state index contributed by atoms with van der Waals surface area (Å²) in [5, 5.41) is 0. The summed E-state index contributed by atoms with van der Waals surface area (Å²) in [5.74, 6) is 1.51. The Kier molecular flexibility index (Phi) is 8.18. The molecule has 1 fully saturated rings. The van der Waals surface area contributed by atoms with Crippen molar-refractivity contribution in [3.05, 3.63) is 65.0 Å². The van der Waals surface area contributed by atoms with E-state index in [1.165, 1.54) is 20.3 Å². The maximum Gasteiger partial charge on any atom is 0.416 e. The maximum atomic E-state index is 13.1. The molecule has 9 nitrogen and oxygen atoms in total. The average molecular weight is 532 g/mol. The Labute approximate surface area is 218 Å². The molecular weight excluding hydrogens is 503 g/mol. The fourth-order valence-electron chi connectivity index (χ4n) is 4.10. The van der Waals surface area contributed by atoms with E-state index in [4.69, 9.17) is 14.2 Å². The van der Waals surface area contributed by atoms with Crippen LogP contribution in [-0.4, -0.2) is 72.8 Å². The number of carbonyl (C=O) groups is 1. The van der Waals surface area contributed by atoms with Gasteiger partial charge in [0.1, 0.15) is 5.82 Å². The number of benzene rings is 2. The normalized spacial score (nSPS) is 13.8. The van der Waals surface area contributed by atoms with Crippen LogP contribution in [-0.2, 0) is 12.6 Å². The number of rotatable bonds is 8. The predicted molar refractivity (Wildman–Crippen MR) is 133 cm³/mol. The Bertz CT molecular complexity index is 1280. The summed E-state index contributed by atoms with van der Waals surface area (Å²) in [7, 11) is 3.04. The standard InChI is InChI=1S/C26H28F3N5O4/c1-4-38-25-31-22(15-17-6-5-7-19(14-17)26(27,28)29)30-24(32-25)34-12-10-33(11-13-34)23(35)18-8-9-20(36-2)21(16-18)37-3/h5-9,14,16H,4,10-13,15H2,1-3H3. The first kappa shape index (κ1) is 27.0. The second-order valence-electron chi connectivity index (χ2n) is 8.49. The highest BCUT2D eigenvalue weighted by Crippen LogP contribution is 2.30. The van der Waals surface area contributed by atoms with Crippen LogP contribution in [0, 0.1) is 0 Å². The Morgan fingerprint density at radius 2 is 1.68 bits per heavy atom. The topological polar surface area (TPSA) is 89.9 Å². The molecule has 1 aliphatic heterocycles. The minimum absolute atomic E-state index is 0.0806. The summed E-state index contributed by atoms with van der Waals surface area (Å²) in [5.41, 5.74) is 0.174. The van der Waals surface area contributed by atoms with E-state index >= 15 is 0 Å². The van der Waals surface area contributed by atoms with E-state index in [1.807, 2.05) is 4.90 Å². The number of aromatic nitrogens is 3. The van der Waals surface area contributed by atoms with Crippen LogP contribution in [0.2, 0.25) is 0 Å². The molecule has 0 atom stereocenters. The number of halogens is 3. The molecule has 4 rings (SSSR count). The van der Waals surface area contributed by atoms with Gasteiger partial charge in [-0.15, -0.1) is 0 Å².